The van der Waals surface area contributed by atoms with Crippen LogP contribution in [0.4, 0.5) is 8.78 Å². The first-order valence-corrected chi connectivity index (χ1v) is 3.85. The Kier molecular flexibility index (Phi) is 3.20. The lowest BCUT2D eigenvalue weighted by Gasteiger charge is -2.13. The highest BCUT2D eigenvalue weighted by Gasteiger charge is 2.28. The van der Waals surface area contributed by atoms with Crippen LogP contribution in [0.1, 0.15) is 6.42 Å². The molecule has 1 aliphatic heterocycles. The zero-order valence-electron chi connectivity index (χ0n) is 6.34. The summed E-state index contributed by atoms with van der Waals surface area (Å²) in [5, 5.41) is 8.52. The number of likely N-dealkylation sites (tertiary alicyclic amines) is 1. The molecular formula is C7H13F2NO. The second kappa shape index (κ2) is 3.97. The van der Waals surface area contributed by atoms with Gasteiger partial charge in [0.25, 0.3) is 0 Å². The summed E-state index contributed by atoms with van der Waals surface area (Å²) < 4.78 is 24.1. The lowest BCUT2D eigenvalue weighted by molar-refractivity contribution is 0.0793. The minimum Gasteiger partial charge on any atom is -0.395 e. The number of aliphatic hydroxyl groups is 1. The van der Waals surface area contributed by atoms with E-state index in [2.05, 4.69) is 0 Å². The molecular weight excluding hydrogens is 152 g/mol. The summed E-state index contributed by atoms with van der Waals surface area (Å²) >= 11 is 0. The highest BCUT2D eigenvalue weighted by molar-refractivity contribution is 4.76. The van der Waals surface area contributed by atoms with Crippen molar-refractivity contribution < 1.29 is 13.9 Å². The average Bonchev–Trinajstić information content (AvgIpc) is 2.37. The molecule has 0 radical (unpaired) electrons. The minimum atomic E-state index is -2.20. The van der Waals surface area contributed by atoms with E-state index < -0.39 is 12.3 Å². The minimum absolute atomic E-state index is 0.0654. The molecule has 0 aromatic rings. The fourth-order valence-corrected chi connectivity index (χ4v) is 1.41. The predicted octanol–water partition coefficient (Wildman–Crippen LogP) is 0.566. The molecule has 1 unspecified atom stereocenters. The van der Waals surface area contributed by atoms with Crippen LogP contribution in [-0.4, -0.2) is 42.7 Å². The predicted molar refractivity (Wildman–Crippen MR) is 37.6 cm³/mol. The summed E-state index contributed by atoms with van der Waals surface area (Å²) in [7, 11) is 0. The third-order valence-electron chi connectivity index (χ3n) is 2.08. The van der Waals surface area contributed by atoms with Crippen molar-refractivity contribution in [2.24, 2.45) is 5.92 Å². The summed E-state index contributed by atoms with van der Waals surface area (Å²) in [5.41, 5.74) is 0. The number of hydrogen-bond donors (Lipinski definition) is 1. The number of β-amino-alcohol motifs (C(OH)–C–C–N with tert-alkyl or cyclic N) is 1. The third-order valence-corrected chi connectivity index (χ3v) is 2.08. The highest BCUT2D eigenvalue weighted by atomic mass is 19.3. The summed E-state index contributed by atoms with van der Waals surface area (Å²) in [6, 6.07) is 0. The number of aliphatic hydroxyl groups excluding tert-OH is 1. The SMILES string of the molecule is OCCN1CCC(C(F)F)C1. The molecule has 0 spiro atoms. The molecule has 2 nitrogen and oxygen atoms in total. The van der Waals surface area contributed by atoms with Crippen molar-refractivity contribution in [3.8, 4) is 0 Å². The Morgan fingerprint density at radius 3 is 2.73 bits per heavy atom. The van der Waals surface area contributed by atoms with Gasteiger partial charge in [-0.1, -0.05) is 0 Å². The van der Waals surface area contributed by atoms with E-state index >= 15 is 0 Å². The maximum Gasteiger partial charge on any atom is 0.242 e. The first kappa shape index (κ1) is 8.87. The van der Waals surface area contributed by atoms with Gasteiger partial charge in [-0.25, -0.2) is 8.78 Å². The smallest absolute Gasteiger partial charge is 0.242 e. The van der Waals surface area contributed by atoms with Crippen LogP contribution in [-0.2, 0) is 0 Å². The van der Waals surface area contributed by atoms with Crippen LogP contribution in [0.3, 0.4) is 0 Å². The van der Waals surface area contributed by atoms with E-state index in [4.69, 9.17) is 5.11 Å². The Labute approximate surface area is 64.8 Å². The van der Waals surface area contributed by atoms with Crippen LogP contribution in [0.15, 0.2) is 0 Å². The molecule has 0 bridgehead atoms. The molecule has 1 saturated heterocycles. The van der Waals surface area contributed by atoms with Crippen molar-refractivity contribution in [1.29, 1.82) is 0 Å². The van der Waals surface area contributed by atoms with Gasteiger partial charge in [-0.15, -0.1) is 0 Å². The zero-order chi connectivity index (χ0) is 8.27. The number of nitrogens with zero attached hydrogens (tertiary/aromatic N) is 1. The first-order chi connectivity index (χ1) is 5.24. The van der Waals surface area contributed by atoms with Gasteiger partial charge in [0.1, 0.15) is 0 Å². The topological polar surface area (TPSA) is 23.5 Å². The van der Waals surface area contributed by atoms with Crippen molar-refractivity contribution >= 4 is 0 Å². The first-order valence-electron chi connectivity index (χ1n) is 3.85. The van der Waals surface area contributed by atoms with Gasteiger partial charge in [-0.05, 0) is 13.0 Å². The van der Waals surface area contributed by atoms with Crippen molar-refractivity contribution in [3.05, 3.63) is 0 Å². The molecule has 66 valence electrons. The van der Waals surface area contributed by atoms with Gasteiger partial charge in [-0.3, -0.25) is 0 Å². The molecule has 0 aliphatic carbocycles. The van der Waals surface area contributed by atoms with Crippen LogP contribution in [0.5, 0.6) is 0 Å². The zero-order valence-corrected chi connectivity index (χ0v) is 6.34. The molecule has 0 aromatic carbocycles. The number of halogens is 2. The van der Waals surface area contributed by atoms with Crippen LogP contribution < -0.4 is 0 Å². The molecule has 0 aromatic heterocycles. The fourth-order valence-electron chi connectivity index (χ4n) is 1.41. The lowest BCUT2D eigenvalue weighted by Crippen LogP contribution is -2.25. The van der Waals surface area contributed by atoms with Crippen molar-refractivity contribution in [1.82, 2.24) is 4.90 Å². The molecule has 4 heteroatoms. The molecule has 1 atom stereocenters. The Morgan fingerprint density at radius 2 is 2.27 bits per heavy atom. The molecule has 11 heavy (non-hydrogen) atoms. The average molecular weight is 165 g/mol. The van der Waals surface area contributed by atoms with E-state index in [9.17, 15) is 8.78 Å². The van der Waals surface area contributed by atoms with E-state index in [0.717, 1.165) is 0 Å². The van der Waals surface area contributed by atoms with E-state index in [1.54, 1.807) is 0 Å². The molecule has 1 aliphatic rings. The van der Waals surface area contributed by atoms with E-state index in [0.29, 0.717) is 26.1 Å². The highest BCUT2D eigenvalue weighted by Crippen LogP contribution is 2.21. The maximum atomic E-state index is 12.1. The lowest BCUT2D eigenvalue weighted by atomic mass is 10.1. The third kappa shape index (κ3) is 2.38. The second-order valence-corrected chi connectivity index (χ2v) is 2.91. The van der Waals surface area contributed by atoms with E-state index in [1.807, 2.05) is 4.90 Å². The number of rotatable bonds is 3. The van der Waals surface area contributed by atoms with Crippen LogP contribution in [0.2, 0.25) is 0 Å². The van der Waals surface area contributed by atoms with Crippen LogP contribution in [0, 0.1) is 5.92 Å². The number of alkyl halides is 2. The fraction of sp³-hybridized carbons (Fsp3) is 1.00. The summed E-state index contributed by atoms with van der Waals surface area (Å²) in [5.74, 6) is -0.471. The van der Waals surface area contributed by atoms with Gasteiger partial charge in [0, 0.05) is 19.0 Å². The van der Waals surface area contributed by atoms with Gasteiger partial charge in [0.05, 0.1) is 6.61 Å². The quantitative estimate of drug-likeness (QED) is 0.660. The number of hydrogen-bond acceptors (Lipinski definition) is 2. The van der Waals surface area contributed by atoms with E-state index in [-0.39, 0.29) is 6.61 Å². The largest absolute Gasteiger partial charge is 0.395 e. The van der Waals surface area contributed by atoms with Crippen molar-refractivity contribution in [3.63, 3.8) is 0 Å². The van der Waals surface area contributed by atoms with Crippen molar-refractivity contribution in [2.45, 2.75) is 12.8 Å². The Balaban J connectivity index is 2.23. The second-order valence-electron chi connectivity index (χ2n) is 2.91. The molecule has 1 heterocycles. The summed E-state index contributed by atoms with van der Waals surface area (Å²) in [6.45, 7) is 1.74. The molecule has 0 saturated carbocycles. The normalized spacial score (nSPS) is 26.7. The maximum absolute atomic E-state index is 12.1. The molecule has 1 rings (SSSR count). The molecule has 0 amide bonds. The Hall–Kier alpha value is -0.220. The Morgan fingerprint density at radius 1 is 1.55 bits per heavy atom. The van der Waals surface area contributed by atoms with Crippen LogP contribution >= 0.6 is 0 Å². The van der Waals surface area contributed by atoms with E-state index in [1.165, 1.54) is 0 Å². The summed E-state index contributed by atoms with van der Waals surface area (Å²) in [4.78, 5) is 1.87. The van der Waals surface area contributed by atoms with Crippen molar-refractivity contribution in [2.75, 3.05) is 26.2 Å². The van der Waals surface area contributed by atoms with Crippen LogP contribution in [0.25, 0.3) is 0 Å². The standard InChI is InChI=1S/C7H13F2NO/c8-7(9)6-1-2-10(5-6)3-4-11/h6-7,11H,1-5H2. The van der Waals surface area contributed by atoms with Gasteiger partial charge in [0.2, 0.25) is 6.43 Å². The monoisotopic (exact) mass is 165 g/mol. The van der Waals surface area contributed by atoms with Gasteiger partial charge < -0.3 is 10.0 Å². The van der Waals surface area contributed by atoms with Gasteiger partial charge in [0.15, 0.2) is 0 Å². The van der Waals surface area contributed by atoms with Gasteiger partial charge >= 0.3 is 0 Å². The molecule has 1 fully saturated rings. The molecule has 1 N–H and O–H groups in total. The summed E-state index contributed by atoms with van der Waals surface area (Å²) in [6.07, 6.45) is -1.63. The van der Waals surface area contributed by atoms with Gasteiger partial charge in [-0.2, -0.15) is 0 Å². The Bertz CT molecular complexity index is 121.